The molecular formula is C5H10ClNO3. The minimum atomic E-state index is -1.72. The van der Waals surface area contributed by atoms with Gasteiger partial charge in [0.25, 0.3) is 0 Å². The van der Waals surface area contributed by atoms with Gasteiger partial charge < -0.3 is 10.8 Å². The smallest absolute Gasteiger partial charge is 0.331 e. The summed E-state index contributed by atoms with van der Waals surface area (Å²) in [7, 11) is 0. The number of Topliss-reactive ketones (excluding diaryl/α,β-unsaturated/α-hetero) is 1. The summed E-state index contributed by atoms with van der Waals surface area (Å²) < 4.78 is 0. The molecule has 4 nitrogen and oxygen atoms in total. The lowest BCUT2D eigenvalue weighted by Gasteiger charge is -2.13. The molecule has 60 valence electrons. The van der Waals surface area contributed by atoms with E-state index in [0.717, 1.165) is 13.8 Å². The van der Waals surface area contributed by atoms with Crippen LogP contribution in [0.1, 0.15) is 13.8 Å². The molecule has 1 atom stereocenters. The van der Waals surface area contributed by atoms with Crippen molar-refractivity contribution in [2.24, 2.45) is 5.73 Å². The molecule has 0 fully saturated rings. The Kier molecular flexibility index (Phi) is 4.27. The van der Waals surface area contributed by atoms with Crippen LogP contribution in [0.4, 0.5) is 0 Å². The average Bonchev–Trinajstić information content (AvgIpc) is 1.65. The third kappa shape index (κ3) is 2.33. The fraction of sp³-hybridized carbons (Fsp3) is 0.600. The van der Waals surface area contributed by atoms with Crippen molar-refractivity contribution < 1.29 is 14.7 Å². The number of halogens is 1. The van der Waals surface area contributed by atoms with Crippen molar-refractivity contribution in [3.05, 3.63) is 0 Å². The Morgan fingerprint density at radius 3 is 1.80 bits per heavy atom. The van der Waals surface area contributed by atoms with Crippen LogP contribution >= 0.6 is 12.4 Å². The van der Waals surface area contributed by atoms with E-state index in [1.54, 1.807) is 0 Å². The molecule has 0 saturated heterocycles. The van der Waals surface area contributed by atoms with Crippen LogP contribution < -0.4 is 5.73 Å². The summed E-state index contributed by atoms with van der Waals surface area (Å²) in [6.45, 7) is 2.31. The molecule has 0 aromatic heterocycles. The lowest BCUT2D eigenvalue weighted by molar-refractivity contribution is -0.146. The summed E-state index contributed by atoms with van der Waals surface area (Å²) >= 11 is 0. The van der Waals surface area contributed by atoms with Crippen molar-refractivity contribution >= 4 is 24.2 Å². The number of hydrogen-bond acceptors (Lipinski definition) is 3. The van der Waals surface area contributed by atoms with E-state index in [2.05, 4.69) is 0 Å². The molecule has 0 aromatic carbocycles. The first-order chi connectivity index (χ1) is 3.89. The van der Waals surface area contributed by atoms with E-state index in [0.29, 0.717) is 0 Å². The maximum atomic E-state index is 10.4. The molecular weight excluding hydrogens is 158 g/mol. The summed E-state index contributed by atoms with van der Waals surface area (Å²) in [6.07, 6.45) is 0. The van der Waals surface area contributed by atoms with E-state index in [1.165, 1.54) is 0 Å². The summed E-state index contributed by atoms with van der Waals surface area (Å²) in [4.78, 5) is 20.5. The van der Waals surface area contributed by atoms with E-state index in [9.17, 15) is 9.59 Å². The molecule has 0 aliphatic heterocycles. The first-order valence-electron chi connectivity index (χ1n) is 2.42. The highest BCUT2D eigenvalue weighted by Crippen LogP contribution is 1.98. The highest BCUT2D eigenvalue weighted by atomic mass is 35.5. The molecule has 10 heavy (non-hydrogen) atoms. The van der Waals surface area contributed by atoms with Gasteiger partial charge >= 0.3 is 5.97 Å². The summed E-state index contributed by atoms with van der Waals surface area (Å²) in [6, 6.07) is 0. The molecule has 1 unspecified atom stereocenters. The van der Waals surface area contributed by atoms with Gasteiger partial charge in [0, 0.05) is 0 Å². The zero-order valence-corrected chi connectivity index (χ0v) is 6.57. The number of ketones is 1. The molecule has 3 N–H and O–H groups in total. The van der Waals surface area contributed by atoms with Crippen molar-refractivity contribution in [3.8, 4) is 0 Å². The molecule has 0 rings (SSSR count). The van der Waals surface area contributed by atoms with Crippen LogP contribution in [0, 0.1) is 0 Å². The highest BCUT2D eigenvalue weighted by Gasteiger charge is 2.32. The van der Waals surface area contributed by atoms with E-state index < -0.39 is 17.3 Å². The largest absolute Gasteiger partial charge is 0.480 e. The number of carboxylic acid groups (broad SMARTS) is 1. The fourth-order valence-electron chi connectivity index (χ4n) is 0.151. The van der Waals surface area contributed by atoms with E-state index in [-0.39, 0.29) is 12.4 Å². The third-order valence-electron chi connectivity index (χ3n) is 1.18. The number of nitrogens with two attached hydrogens (primary N) is 1. The van der Waals surface area contributed by atoms with Crippen LogP contribution in [0.25, 0.3) is 0 Å². The van der Waals surface area contributed by atoms with Gasteiger partial charge in [0.2, 0.25) is 0 Å². The standard InChI is InChI=1S/C5H9NO3.ClH/c1-3(7)5(2,6)4(8)9;/h6H2,1-2H3,(H,8,9);1H. The van der Waals surface area contributed by atoms with Crippen molar-refractivity contribution in [3.63, 3.8) is 0 Å². The SMILES string of the molecule is CC(=O)C(C)(N)C(=O)O.Cl. The third-order valence-corrected chi connectivity index (χ3v) is 1.18. The number of carboxylic acids is 1. The second-order valence-corrected chi connectivity index (χ2v) is 2.06. The number of rotatable bonds is 2. The minimum Gasteiger partial charge on any atom is -0.480 e. The summed E-state index contributed by atoms with van der Waals surface area (Å²) in [5.41, 5.74) is 3.33. The number of carbonyl (C=O) groups is 2. The van der Waals surface area contributed by atoms with Gasteiger partial charge in [0.05, 0.1) is 0 Å². The van der Waals surface area contributed by atoms with Gasteiger partial charge in [-0.05, 0) is 13.8 Å². The lowest BCUT2D eigenvalue weighted by atomic mass is 10.00. The van der Waals surface area contributed by atoms with E-state index in [4.69, 9.17) is 10.8 Å². The number of hydrogen-bond donors (Lipinski definition) is 2. The second kappa shape index (κ2) is 3.53. The molecule has 0 radical (unpaired) electrons. The lowest BCUT2D eigenvalue weighted by Crippen LogP contribution is -2.50. The normalized spacial score (nSPS) is 14.7. The van der Waals surface area contributed by atoms with Crippen molar-refractivity contribution in [1.29, 1.82) is 0 Å². The van der Waals surface area contributed by atoms with Crippen LogP contribution in [-0.2, 0) is 9.59 Å². The van der Waals surface area contributed by atoms with Crippen LogP contribution in [0.15, 0.2) is 0 Å². The van der Waals surface area contributed by atoms with Crippen LogP contribution in [0.3, 0.4) is 0 Å². The fourth-order valence-corrected chi connectivity index (χ4v) is 0.151. The number of carbonyl (C=O) groups excluding carboxylic acids is 1. The molecule has 5 heteroatoms. The molecule has 0 amide bonds. The van der Waals surface area contributed by atoms with E-state index >= 15 is 0 Å². The monoisotopic (exact) mass is 167 g/mol. The summed E-state index contributed by atoms with van der Waals surface area (Å²) in [5.74, 6) is -1.84. The van der Waals surface area contributed by atoms with Gasteiger partial charge in [0.1, 0.15) is 0 Å². The van der Waals surface area contributed by atoms with Crippen molar-refractivity contribution in [1.82, 2.24) is 0 Å². The Bertz CT molecular complexity index is 139. The predicted molar refractivity (Wildman–Crippen MR) is 38.2 cm³/mol. The van der Waals surface area contributed by atoms with Gasteiger partial charge in [-0.25, -0.2) is 4.79 Å². The Morgan fingerprint density at radius 2 is 1.80 bits per heavy atom. The molecule has 0 bridgehead atoms. The van der Waals surface area contributed by atoms with Crippen LogP contribution in [0.5, 0.6) is 0 Å². The Morgan fingerprint density at radius 1 is 1.50 bits per heavy atom. The van der Waals surface area contributed by atoms with E-state index in [1.807, 2.05) is 0 Å². The van der Waals surface area contributed by atoms with Gasteiger partial charge in [-0.3, -0.25) is 4.79 Å². The Balaban J connectivity index is 0. The average molecular weight is 168 g/mol. The first-order valence-corrected chi connectivity index (χ1v) is 2.42. The van der Waals surface area contributed by atoms with Gasteiger partial charge in [-0.2, -0.15) is 0 Å². The van der Waals surface area contributed by atoms with Crippen LogP contribution in [0.2, 0.25) is 0 Å². The number of aliphatic carboxylic acids is 1. The quantitative estimate of drug-likeness (QED) is 0.559. The molecule has 0 heterocycles. The molecule has 0 saturated carbocycles. The maximum Gasteiger partial charge on any atom is 0.331 e. The Labute approximate surface area is 64.8 Å². The second-order valence-electron chi connectivity index (χ2n) is 2.06. The molecule has 0 aliphatic carbocycles. The zero-order valence-electron chi connectivity index (χ0n) is 5.75. The zero-order chi connectivity index (χ0) is 7.65. The van der Waals surface area contributed by atoms with Gasteiger partial charge in [-0.15, -0.1) is 12.4 Å². The van der Waals surface area contributed by atoms with Crippen molar-refractivity contribution in [2.75, 3.05) is 0 Å². The topological polar surface area (TPSA) is 80.4 Å². The van der Waals surface area contributed by atoms with Gasteiger partial charge in [-0.1, -0.05) is 0 Å². The molecule has 0 aliphatic rings. The van der Waals surface area contributed by atoms with Crippen molar-refractivity contribution in [2.45, 2.75) is 19.4 Å². The highest BCUT2D eigenvalue weighted by molar-refractivity contribution is 6.05. The Hall–Kier alpha value is -0.610. The minimum absolute atomic E-state index is 0. The maximum absolute atomic E-state index is 10.4. The van der Waals surface area contributed by atoms with Crippen LogP contribution in [-0.4, -0.2) is 22.4 Å². The van der Waals surface area contributed by atoms with Gasteiger partial charge in [0.15, 0.2) is 11.3 Å². The molecule has 0 aromatic rings. The predicted octanol–water partition coefficient (Wildman–Crippen LogP) is -0.201. The first kappa shape index (κ1) is 12.1. The molecule has 0 spiro atoms. The summed E-state index contributed by atoms with van der Waals surface area (Å²) in [5, 5.41) is 8.27.